The van der Waals surface area contributed by atoms with E-state index in [1.165, 1.54) is 11.0 Å². The third-order valence-electron chi connectivity index (χ3n) is 3.12. The molecule has 0 saturated heterocycles. The van der Waals surface area contributed by atoms with E-state index in [0.717, 1.165) is 17.5 Å². The standard InChI is InChI=1S/C17H15N3OS/c21-17(18-10-9-14-4-3-11-22-14)8-7-13-12-19-15-5-1-2-6-16(15)20-13/h1-8,11-12H,9-10H2,(H,18,21)/b8-7+. The van der Waals surface area contributed by atoms with Gasteiger partial charge in [0.1, 0.15) is 0 Å². The number of para-hydroxylation sites is 2. The van der Waals surface area contributed by atoms with Gasteiger partial charge in [0.2, 0.25) is 5.91 Å². The molecule has 0 spiro atoms. The number of aromatic nitrogens is 2. The lowest BCUT2D eigenvalue weighted by molar-refractivity contribution is -0.116. The summed E-state index contributed by atoms with van der Waals surface area (Å²) in [6.45, 7) is 0.632. The molecule has 0 radical (unpaired) electrons. The molecule has 2 aromatic heterocycles. The van der Waals surface area contributed by atoms with Gasteiger partial charge in [-0.1, -0.05) is 18.2 Å². The minimum Gasteiger partial charge on any atom is -0.352 e. The lowest BCUT2D eigenvalue weighted by Gasteiger charge is -2.00. The smallest absolute Gasteiger partial charge is 0.244 e. The second kappa shape index (κ2) is 6.95. The van der Waals surface area contributed by atoms with Gasteiger partial charge in [0.05, 0.1) is 22.9 Å². The van der Waals surface area contributed by atoms with Crippen molar-refractivity contribution in [2.24, 2.45) is 0 Å². The van der Waals surface area contributed by atoms with E-state index in [-0.39, 0.29) is 5.91 Å². The van der Waals surface area contributed by atoms with E-state index in [9.17, 15) is 4.79 Å². The van der Waals surface area contributed by atoms with Crippen LogP contribution in [0.5, 0.6) is 0 Å². The Hall–Kier alpha value is -2.53. The minimum atomic E-state index is -0.119. The fraction of sp³-hybridized carbons (Fsp3) is 0.118. The summed E-state index contributed by atoms with van der Waals surface area (Å²) in [5.41, 5.74) is 2.34. The van der Waals surface area contributed by atoms with Crippen molar-refractivity contribution in [2.75, 3.05) is 6.54 Å². The van der Waals surface area contributed by atoms with Crippen LogP contribution in [0.3, 0.4) is 0 Å². The highest BCUT2D eigenvalue weighted by Gasteiger charge is 1.99. The Labute approximate surface area is 132 Å². The van der Waals surface area contributed by atoms with Crippen molar-refractivity contribution < 1.29 is 4.79 Å². The first-order chi connectivity index (χ1) is 10.8. The lowest BCUT2D eigenvalue weighted by atomic mass is 10.3. The fourth-order valence-electron chi connectivity index (χ4n) is 2.04. The van der Waals surface area contributed by atoms with Crippen molar-refractivity contribution in [2.45, 2.75) is 6.42 Å². The molecule has 5 heteroatoms. The molecule has 0 bridgehead atoms. The van der Waals surface area contributed by atoms with Gasteiger partial charge in [-0.3, -0.25) is 9.78 Å². The summed E-state index contributed by atoms with van der Waals surface area (Å²) in [4.78, 5) is 21.8. The van der Waals surface area contributed by atoms with Crippen LogP contribution in [-0.2, 0) is 11.2 Å². The lowest BCUT2D eigenvalue weighted by Crippen LogP contribution is -2.23. The van der Waals surface area contributed by atoms with Gasteiger partial charge in [-0.05, 0) is 36.1 Å². The van der Waals surface area contributed by atoms with Crippen molar-refractivity contribution in [1.82, 2.24) is 15.3 Å². The predicted octanol–water partition coefficient (Wildman–Crippen LogP) is 3.06. The number of carbonyl (C=O) groups excluding carboxylic acids is 1. The number of benzene rings is 1. The molecule has 22 heavy (non-hydrogen) atoms. The maximum absolute atomic E-state index is 11.8. The number of rotatable bonds is 5. The first kappa shape index (κ1) is 14.4. The van der Waals surface area contributed by atoms with Crippen LogP contribution in [0.4, 0.5) is 0 Å². The van der Waals surface area contributed by atoms with Gasteiger partial charge >= 0.3 is 0 Å². The Morgan fingerprint density at radius 1 is 1.18 bits per heavy atom. The molecule has 0 atom stereocenters. The molecule has 0 saturated carbocycles. The molecule has 2 heterocycles. The Morgan fingerprint density at radius 2 is 2.05 bits per heavy atom. The number of hydrogen-bond donors (Lipinski definition) is 1. The van der Waals surface area contributed by atoms with E-state index in [1.54, 1.807) is 23.6 Å². The number of amides is 1. The number of fused-ring (bicyclic) bond motifs is 1. The first-order valence-corrected chi connectivity index (χ1v) is 7.89. The number of hydrogen-bond acceptors (Lipinski definition) is 4. The monoisotopic (exact) mass is 309 g/mol. The molecule has 1 aromatic carbocycles. The zero-order valence-corrected chi connectivity index (χ0v) is 12.7. The molecule has 3 aromatic rings. The number of nitrogens with zero attached hydrogens (tertiary/aromatic N) is 2. The zero-order valence-electron chi connectivity index (χ0n) is 11.9. The van der Waals surface area contributed by atoms with Crippen LogP contribution in [0.2, 0.25) is 0 Å². The number of carbonyl (C=O) groups is 1. The Kier molecular flexibility index (Phi) is 4.56. The van der Waals surface area contributed by atoms with E-state index in [1.807, 2.05) is 35.7 Å². The van der Waals surface area contributed by atoms with E-state index in [0.29, 0.717) is 12.2 Å². The maximum Gasteiger partial charge on any atom is 0.244 e. The average molecular weight is 309 g/mol. The molecule has 3 rings (SSSR count). The van der Waals surface area contributed by atoms with Crippen molar-refractivity contribution in [3.05, 3.63) is 64.6 Å². The second-order valence-electron chi connectivity index (χ2n) is 4.74. The van der Waals surface area contributed by atoms with Crippen LogP contribution in [0.1, 0.15) is 10.6 Å². The zero-order chi connectivity index (χ0) is 15.2. The molecule has 110 valence electrons. The van der Waals surface area contributed by atoms with Crippen molar-refractivity contribution in [3.8, 4) is 0 Å². The summed E-state index contributed by atoms with van der Waals surface area (Å²) in [6, 6.07) is 11.7. The molecule has 1 N–H and O–H groups in total. The van der Waals surface area contributed by atoms with Crippen molar-refractivity contribution in [3.63, 3.8) is 0 Å². The van der Waals surface area contributed by atoms with E-state index in [4.69, 9.17) is 0 Å². The normalized spacial score (nSPS) is 11.1. The summed E-state index contributed by atoms with van der Waals surface area (Å²) in [5, 5.41) is 4.90. The number of thiophene rings is 1. The third kappa shape index (κ3) is 3.77. The summed E-state index contributed by atoms with van der Waals surface area (Å²) in [5.74, 6) is -0.119. The summed E-state index contributed by atoms with van der Waals surface area (Å²) in [7, 11) is 0. The Morgan fingerprint density at radius 3 is 2.86 bits per heavy atom. The molecule has 0 aliphatic carbocycles. The summed E-state index contributed by atoms with van der Waals surface area (Å²) < 4.78 is 0. The van der Waals surface area contributed by atoms with Crippen LogP contribution >= 0.6 is 11.3 Å². The molecule has 0 aliphatic rings. The summed E-state index contributed by atoms with van der Waals surface area (Å²) in [6.07, 6.45) is 5.69. The first-order valence-electron chi connectivity index (χ1n) is 7.01. The highest BCUT2D eigenvalue weighted by molar-refractivity contribution is 7.09. The fourth-order valence-corrected chi connectivity index (χ4v) is 2.74. The maximum atomic E-state index is 11.8. The van der Waals surface area contributed by atoms with Gasteiger partial charge in [-0.25, -0.2) is 4.98 Å². The molecule has 4 nitrogen and oxygen atoms in total. The summed E-state index contributed by atoms with van der Waals surface area (Å²) >= 11 is 1.70. The van der Waals surface area contributed by atoms with Crippen LogP contribution in [0.25, 0.3) is 17.1 Å². The van der Waals surface area contributed by atoms with Gasteiger partial charge in [0.25, 0.3) is 0 Å². The van der Waals surface area contributed by atoms with Gasteiger partial charge in [-0.15, -0.1) is 11.3 Å². The van der Waals surface area contributed by atoms with Gasteiger partial charge < -0.3 is 5.32 Å². The minimum absolute atomic E-state index is 0.119. The highest BCUT2D eigenvalue weighted by Crippen LogP contribution is 2.09. The van der Waals surface area contributed by atoms with Crippen molar-refractivity contribution >= 4 is 34.4 Å². The third-order valence-corrected chi connectivity index (χ3v) is 4.06. The molecular weight excluding hydrogens is 294 g/mol. The molecular formula is C17H15N3OS. The quantitative estimate of drug-likeness (QED) is 0.737. The van der Waals surface area contributed by atoms with Crippen LogP contribution in [0, 0.1) is 0 Å². The van der Waals surface area contributed by atoms with Crippen LogP contribution < -0.4 is 5.32 Å². The van der Waals surface area contributed by atoms with Gasteiger partial charge in [-0.2, -0.15) is 0 Å². The van der Waals surface area contributed by atoms with E-state index < -0.39 is 0 Å². The Balaban J connectivity index is 1.56. The van der Waals surface area contributed by atoms with E-state index in [2.05, 4.69) is 21.4 Å². The largest absolute Gasteiger partial charge is 0.352 e. The molecule has 0 aliphatic heterocycles. The predicted molar refractivity (Wildman–Crippen MR) is 89.6 cm³/mol. The molecule has 1 amide bonds. The van der Waals surface area contributed by atoms with Crippen molar-refractivity contribution in [1.29, 1.82) is 0 Å². The highest BCUT2D eigenvalue weighted by atomic mass is 32.1. The van der Waals surface area contributed by atoms with E-state index >= 15 is 0 Å². The van der Waals surface area contributed by atoms with Gasteiger partial charge in [0.15, 0.2) is 0 Å². The average Bonchev–Trinajstić information content (AvgIpc) is 3.06. The van der Waals surface area contributed by atoms with Gasteiger partial charge in [0, 0.05) is 17.5 Å². The van der Waals surface area contributed by atoms with Crippen LogP contribution in [-0.4, -0.2) is 22.4 Å². The van der Waals surface area contributed by atoms with Crippen LogP contribution in [0.15, 0.2) is 54.1 Å². The number of nitrogens with one attached hydrogen (secondary N) is 1. The molecule has 0 fully saturated rings. The SMILES string of the molecule is O=C(/C=C/c1cnc2ccccc2n1)NCCc1cccs1. The topological polar surface area (TPSA) is 54.9 Å². The Bertz CT molecular complexity index is 797. The molecule has 0 unspecified atom stereocenters. The second-order valence-corrected chi connectivity index (χ2v) is 5.77.